The van der Waals surface area contributed by atoms with Crippen molar-refractivity contribution in [3.05, 3.63) is 22.2 Å². The number of H-pyrrole nitrogens is 1. The number of hydrogen-bond donors (Lipinski definition) is 2. The van der Waals surface area contributed by atoms with Crippen molar-refractivity contribution in [1.82, 2.24) is 9.97 Å². The number of rotatable bonds is 4. The highest BCUT2D eigenvalue weighted by Crippen LogP contribution is 2.14. The number of halogens is 3. The van der Waals surface area contributed by atoms with Crippen molar-refractivity contribution < 1.29 is 17.9 Å². The highest BCUT2D eigenvalue weighted by Gasteiger charge is 2.27. The second-order valence-corrected chi connectivity index (χ2v) is 3.03. The molecule has 1 heterocycles. The summed E-state index contributed by atoms with van der Waals surface area (Å²) < 4.78 is 39.4. The Morgan fingerprint density at radius 3 is 2.75 bits per heavy atom. The lowest BCUT2D eigenvalue weighted by molar-refractivity contribution is -0.173. The lowest BCUT2D eigenvalue weighted by Crippen LogP contribution is -2.19. The number of aromatic nitrogens is 2. The Balaban J connectivity index is 2.40. The van der Waals surface area contributed by atoms with Gasteiger partial charge in [-0.2, -0.15) is 13.2 Å². The minimum Gasteiger partial charge on any atom is -0.383 e. The number of ether oxygens (including phenoxy) is 1. The van der Waals surface area contributed by atoms with E-state index in [4.69, 9.17) is 5.73 Å². The Morgan fingerprint density at radius 2 is 2.19 bits per heavy atom. The third kappa shape index (κ3) is 4.78. The molecule has 1 aromatic rings. The molecule has 0 amide bonds. The van der Waals surface area contributed by atoms with Crippen LogP contribution in [0.2, 0.25) is 0 Å². The third-order valence-electron chi connectivity index (χ3n) is 1.56. The molecule has 16 heavy (non-hydrogen) atoms. The maximum Gasteiger partial charge on any atom is 0.411 e. The second-order valence-electron chi connectivity index (χ2n) is 3.03. The van der Waals surface area contributed by atoms with Gasteiger partial charge in [-0.15, -0.1) is 0 Å². The molecular formula is C8H10F3N3O2. The van der Waals surface area contributed by atoms with Gasteiger partial charge in [0.05, 0.1) is 6.61 Å². The van der Waals surface area contributed by atoms with Gasteiger partial charge in [-0.3, -0.25) is 4.79 Å². The van der Waals surface area contributed by atoms with Crippen molar-refractivity contribution >= 4 is 5.82 Å². The van der Waals surface area contributed by atoms with Gasteiger partial charge in [0.1, 0.15) is 18.2 Å². The molecule has 0 aliphatic rings. The molecule has 0 aromatic carbocycles. The van der Waals surface area contributed by atoms with Gasteiger partial charge < -0.3 is 15.5 Å². The molecule has 0 saturated carbocycles. The average molecular weight is 237 g/mol. The van der Waals surface area contributed by atoms with Crippen LogP contribution in [0.4, 0.5) is 19.0 Å². The van der Waals surface area contributed by atoms with E-state index in [0.29, 0.717) is 0 Å². The summed E-state index contributed by atoms with van der Waals surface area (Å²) in [5.74, 6) is 0.224. The fraction of sp³-hybridized carbons (Fsp3) is 0.500. The fourth-order valence-corrected chi connectivity index (χ4v) is 1.00. The first-order valence-electron chi connectivity index (χ1n) is 4.37. The summed E-state index contributed by atoms with van der Waals surface area (Å²) in [7, 11) is 0. The van der Waals surface area contributed by atoms with Crippen LogP contribution >= 0.6 is 0 Å². The summed E-state index contributed by atoms with van der Waals surface area (Å²) in [6.45, 7) is -1.51. The van der Waals surface area contributed by atoms with Crippen LogP contribution in [0.25, 0.3) is 0 Å². The van der Waals surface area contributed by atoms with E-state index in [1.807, 2.05) is 0 Å². The van der Waals surface area contributed by atoms with Gasteiger partial charge in [0.25, 0.3) is 5.56 Å². The standard InChI is InChI=1S/C8H10F3N3O2/c9-8(10,11)4-16-2-1-6-13-5(12)3-7(15)14-6/h3H,1-2,4H2,(H3,12,13,14,15). The summed E-state index contributed by atoms with van der Waals surface area (Å²) in [4.78, 5) is 17.0. The molecule has 5 nitrogen and oxygen atoms in total. The van der Waals surface area contributed by atoms with E-state index >= 15 is 0 Å². The van der Waals surface area contributed by atoms with Crippen LogP contribution in [0.3, 0.4) is 0 Å². The topological polar surface area (TPSA) is 81.0 Å². The molecule has 0 aliphatic carbocycles. The summed E-state index contributed by atoms with van der Waals surface area (Å²) >= 11 is 0. The van der Waals surface area contributed by atoms with Crippen molar-refractivity contribution in [3.63, 3.8) is 0 Å². The highest BCUT2D eigenvalue weighted by molar-refractivity contribution is 5.25. The van der Waals surface area contributed by atoms with Crippen LogP contribution in [-0.4, -0.2) is 29.4 Å². The third-order valence-corrected chi connectivity index (χ3v) is 1.56. The lowest BCUT2D eigenvalue weighted by Gasteiger charge is -2.07. The van der Waals surface area contributed by atoms with E-state index in [1.165, 1.54) is 0 Å². The Labute approximate surface area is 88.4 Å². The van der Waals surface area contributed by atoms with Crippen molar-refractivity contribution in [2.45, 2.75) is 12.6 Å². The average Bonchev–Trinajstić information content (AvgIpc) is 2.09. The van der Waals surface area contributed by atoms with Crippen molar-refractivity contribution in [2.24, 2.45) is 0 Å². The smallest absolute Gasteiger partial charge is 0.383 e. The minimum atomic E-state index is -4.35. The van der Waals surface area contributed by atoms with Crippen LogP contribution in [0, 0.1) is 0 Å². The van der Waals surface area contributed by atoms with Crippen molar-refractivity contribution in [3.8, 4) is 0 Å². The zero-order valence-electron chi connectivity index (χ0n) is 8.17. The number of nitrogens with one attached hydrogen (secondary N) is 1. The largest absolute Gasteiger partial charge is 0.411 e. The number of nitrogen functional groups attached to an aromatic ring is 1. The van der Waals surface area contributed by atoms with Crippen LogP contribution < -0.4 is 11.3 Å². The molecular weight excluding hydrogens is 227 g/mol. The molecule has 0 spiro atoms. The SMILES string of the molecule is Nc1cc(=O)[nH]c(CCOCC(F)(F)F)n1. The first-order chi connectivity index (χ1) is 7.37. The van der Waals surface area contributed by atoms with Crippen molar-refractivity contribution in [2.75, 3.05) is 18.9 Å². The summed E-state index contributed by atoms with van der Waals surface area (Å²) in [6.07, 6.45) is -4.28. The predicted octanol–water partition coefficient (Wildman–Crippen LogP) is 0.473. The first-order valence-corrected chi connectivity index (χ1v) is 4.37. The number of nitrogens with zero attached hydrogens (tertiary/aromatic N) is 1. The van der Waals surface area contributed by atoms with E-state index in [2.05, 4.69) is 14.7 Å². The van der Waals surface area contributed by atoms with Gasteiger partial charge >= 0.3 is 6.18 Å². The normalized spacial score (nSPS) is 11.7. The van der Waals surface area contributed by atoms with Crippen LogP contribution in [0.15, 0.2) is 10.9 Å². The second kappa shape index (κ2) is 4.97. The quantitative estimate of drug-likeness (QED) is 0.746. The zero-order chi connectivity index (χ0) is 12.2. The molecule has 1 rings (SSSR count). The Bertz CT molecular complexity index is 402. The van der Waals surface area contributed by atoms with Gasteiger partial charge in [0.15, 0.2) is 0 Å². The van der Waals surface area contributed by atoms with E-state index < -0.39 is 18.3 Å². The number of hydrogen-bond acceptors (Lipinski definition) is 4. The summed E-state index contributed by atoms with van der Waals surface area (Å²) in [5.41, 5.74) is 4.83. The number of alkyl halides is 3. The highest BCUT2D eigenvalue weighted by atomic mass is 19.4. The lowest BCUT2D eigenvalue weighted by atomic mass is 10.4. The minimum absolute atomic E-state index is 0.0228. The Hall–Kier alpha value is -1.57. The van der Waals surface area contributed by atoms with E-state index in [-0.39, 0.29) is 24.7 Å². The predicted molar refractivity (Wildman–Crippen MR) is 49.8 cm³/mol. The molecule has 3 N–H and O–H groups in total. The molecule has 1 aromatic heterocycles. The Kier molecular flexibility index (Phi) is 3.88. The molecule has 0 saturated heterocycles. The van der Waals surface area contributed by atoms with Gasteiger partial charge in [-0.05, 0) is 0 Å². The first kappa shape index (κ1) is 12.5. The van der Waals surface area contributed by atoms with Crippen LogP contribution in [0.1, 0.15) is 5.82 Å². The Morgan fingerprint density at radius 1 is 1.50 bits per heavy atom. The fourth-order valence-electron chi connectivity index (χ4n) is 1.00. The monoisotopic (exact) mass is 237 g/mol. The molecule has 0 aliphatic heterocycles. The van der Waals surface area contributed by atoms with Gasteiger partial charge in [-0.25, -0.2) is 4.98 Å². The van der Waals surface area contributed by atoms with Gasteiger partial charge in [0, 0.05) is 12.5 Å². The number of anilines is 1. The summed E-state index contributed by atoms with van der Waals surface area (Å²) in [6, 6.07) is 1.08. The van der Waals surface area contributed by atoms with E-state index in [9.17, 15) is 18.0 Å². The van der Waals surface area contributed by atoms with Crippen LogP contribution in [-0.2, 0) is 11.2 Å². The number of aromatic amines is 1. The van der Waals surface area contributed by atoms with E-state index in [0.717, 1.165) is 6.07 Å². The number of nitrogens with two attached hydrogens (primary N) is 1. The maximum absolute atomic E-state index is 11.7. The van der Waals surface area contributed by atoms with E-state index in [1.54, 1.807) is 0 Å². The van der Waals surface area contributed by atoms with Crippen molar-refractivity contribution in [1.29, 1.82) is 0 Å². The molecule has 0 atom stereocenters. The molecule has 90 valence electrons. The maximum atomic E-state index is 11.7. The molecule has 0 bridgehead atoms. The molecule has 0 unspecified atom stereocenters. The summed E-state index contributed by atoms with van der Waals surface area (Å²) in [5, 5.41) is 0. The van der Waals surface area contributed by atoms with Gasteiger partial charge in [-0.1, -0.05) is 0 Å². The molecule has 8 heteroatoms. The van der Waals surface area contributed by atoms with Gasteiger partial charge in [0.2, 0.25) is 0 Å². The molecule has 0 radical (unpaired) electrons. The van der Waals surface area contributed by atoms with Crippen LogP contribution in [0.5, 0.6) is 0 Å². The molecule has 0 fully saturated rings. The zero-order valence-corrected chi connectivity index (χ0v) is 8.17.